The van der Waals surface area contributed by atoms with Crippen LogP contribution in [0.5, 0.6) is 0 Å². The summed E-state index contributed by atoms with van der Waals surface area (Å²) < 4.78 is 5.19. The van der Waals surface area contributed by atoms with Crippen LogP contribution < -0.4 is 10.6 Å². The van der Waals surface area contributed by atoms with E-state index in [9.17, 15) is 4.79 Å². The van der Waals surface area contributed by atoms with E-state index in [1.54, 1.807) is 12.1 Å². The molecule has 2 N–H and O–H groups in total. The summed E-state index contributed by atoms with van der Waals surface area (Å²) in [5, 5.41) is 0.501. The molecule has 0 radical (unpaired) electrons. The molecule has 1 aromatic rings. The highest BCUT2D eigenvalue weighted by Crippen LogP contribution is 2.34. The normalized spacial score (nSPS) is 16.1. The second kappa shape index (κ2) is 7.20. The van der Waals surface area contributed by atoms with Crippen molar-refractivity contribution in [1.29, 1.82) is 0 Å². The van der Waals surface area contributed by atoms with Crippen LogP contribution in [0, 0.1) is 0 Å². The third kappa shape index (κ3) is 3.84. The maximum absolute atomic E-state index is 12.0. The number of benzene rings is 1. The van der Waals surface area contributed by atoms with Gasteiger partial charge < -0.3 is 20.3 Å². The lowest BCUT2D eigenvalue weighted by Crippen LogP contribution is -2.46. The molecular weight excluding hydrogens is 302 g/mol. The van der Waals surface area contributed by atoms with Gasteiger partial charge in [0.25, 0.3) is 0 Å². The number of nitrogens with zero attached hydrogens (tertiary/aromatic N) is 2. The summed E-state index contributed by atoms with van der Waals surface area (Å²) in [5.74, 6) is -0.397. The number of hydrogen-bond acceptors (Lipinski definition) is 5. The number of carbonyl (C=O) groups is 1. The molecule has 22 heavy (non-hydrogen) atoms. The summed E-state index contributed by atoms with van der Waals surface area (Å²) in [6.45, 7) is 10.6. The summed E-state index contributed by atoms with van der Waals surface area (Å²) in [6, 6.07) is 3.29. The topological polar surface area (TPSA) is 58.8 Å². The Hall–Kier alpha value is -1.46. The second-order valence-electron chi connectivity index (χ2n) is 5.77. The van der Waals surface area contributed by atoms with E-state index in [1.165, 1.54) is 0 Å². The fourth-order valence-corrected chi connectivity index (χ4v) is 2.99. The zero-order valence-corrected chi connectivity index (χ0v) is 14.2. The van der Waals surface area contributed by atoms with Gasteiger partial charge in [-0.3, -0.25) is 0 Å². The van der Waals surface area contributed by atoms with Gasteiger partial charge in [0.1, 0.15) is 0 Å². The van der Waals surface area contributed by atoms with Gasteiger partial charge in [-0.1, -0.05) is 18.5 Å². The van der Waals surface area contributed by atoms with Crippen LogP contribution in [0.25, 0.3) is 0 Å². The van der Waals surface area contributed by atoms with E-state index < -0.39 is 5.97 Å². The molecule has 1 saturated heterocycles. The molecule has 0 bridgehead atoms. The molecule has 0 unspecified atom stereocenters. The van der Waals surface area contributed by atoms with Crippen LogP contribution in [0.1, 0.15) is 31.1 Å². The van der Waals surface area contributed by atoms with Gasteiger partial charge in [-0.2, -0.15) is 0 Å². The van der Waals surface area contributed by atoms with Gasteiger partial charge in [-0.15, -0.1) is 0 Å². The van der Waals surface area contributed by atoms with E-state index >= 15 is 0 Å². The first-order valence-electron chi connectivity index (χ1n) is 7.69. The number of likely N-dealkylation sites (N-methyl/N-ethyl adjacent to an activating group) is 1. The smallest absolute Gasteiger partial charge is 0.338 e. The minimum Gasteiger partial charge on any atom is -0.459 e. The van der Waals surface area contributed by atoms with Gasteiger partial charge in [-0.05, 0) is 32.5 Å². The summed E-state index contributed by atoms with van der Waals surface area (Å²) in [7, 11) is 0. The van der Waals surface area contributed by atoms with Crippen molar-refractivity contribution in [2.45, 2.75) is 26.9 Å². The SMILES string of the molecule is CCN1CCN(c2c(N)cc(C(=O)OC(C)C)cc2Cl)CC1. The number of piperazine rings is 1. The summed E-state index contributed by atoms with van der Waals surface area (Å²) >= 11 is 6.38. The minimum atomic E-state index is -0.397. The first kappa shape index (κ1) is 16.9. The molecule has 1 aliphatic rings. The van der Waals surface area contributed by atoms with Gasteiger partial charge in [0.05, 0.1) is 28.1 Å². The quantitative estimate of drug-likeness (QED) is 0.681. The number of hydrogen-bond donors (Lipinski definition) is 1. The van der Waals surface area contributed by atoms with Crippen molar-refractivity contribution in [2.24, 2.45) is 0 Å². The molecule has 0 amide bonds. The summed E-state index contributed by atoms with van der Waals surface area (Å²) in [5.41, 5.74) is 7.88. The van der Waals surface area contributed by atoms with E-state index in [-0.39, 0.29) is 6.10 Å². The van der Waals surface area contributed by atoms with Gasteiger partial charge in [0, 0.05) is 26.2 Å². The third-order valence-corrected chi connectivity index (χ3v) is 4.10. The van der Waals surface area contributed by atoms with Crippen molar-refractivity contribution in [3.05, 3.63) is 22.7 Å². The molecule has 0 aliphatic carbocycles. The van der Waals surface area contributed by atoms with Crippen molar-refractivity contribution < 1.29 is 9.53 Å². The Morgan fingerprint density at radius 2 is 1.95 bits per heavy atom. The largest absolute Gasteiger partial charge is 0.459 e. The summed E-state index contributed by atoms with van der Waals surface area (Å²) in [6.07, 6.45) is -0.172. The lowest BCUT2D eigenvalue weighted by Gasteiger charge is -2.36. The first-order valence-corrected chi connectivity index (χ1v) is 8.07. The van der Waals surface area contributed by atoms with E-state index in [2.05, 4.69) is 16.7 Å². The van der Waals surface area contributed by atoms with Gasteiger partial charge in [-0.25, -0.2) is 4.79 Å². The third-order valence-electron chi connectivity index (χ3n) is 3.81. The van der Waals surface area contributed by atoms with Crippen LogP contribution >= 0.6 is 11.6 Å². The lowest BCUT2D eigenvalue weighted by atomic mass is 10.1. The van der Waals surface area contributed by atoms with Crippen LogP contribution in [0.4, 0.5) is 11.4 Å². The van der Waals surface area contributed by atoms with E-state index in [1.807, 2.05) is 13.8 Å². The Morgan fingerprint density at radius 1 is 1.32 bits per heavy atom. The number of rotatable bonds is 4. The predicted molar refractivity (Wildman–Crippen MR) is 90.7 cm³/mol. The predicted octanol–water partition coefficient (Wildman–Crippen LogP) is 2.63. The van der Waals surface area contributed by atoms with E-state index in [0.717, 1.165) is 38.4 Å². The standard InChI is InChI=1S/C16H24ClN3O2/c1-4-19-5-7-20(8-6-19)15-13(17)9-12(10-14(15)18)16(21)22-11(2)3/h9-11H,4-8,18H2,1-3H3. The van der Waals surface area contributed by atoms with E-state index in [0.29, 0.717) is 16.3 Å². The molecule has 0 saturated carbocycles. The Bertz CT molecular complexity index is 517. The van der Waals surface area contributed by atoms with Gasteiger partial charge >= 0.3 is 5.97 Å². The van der Waals surface area contributed by atoms with Crippen LogP contribution in [-0.4, -0.2) is 49.7 Å². The highest BCUT2D eigenvalue weighted by molar-refractivity contribution is 6.34. The van der Waals surface area contributed by atoms with Gasteiger partial charge in [0.2, 0.25) is 0 Å². The first-order chi connectivity index (χ1) is 10.4. The molecule has 0 spiro atoms. The average molecular weight is 326 g/mol. The van der Waals surface area contributed by atoms with Crippen LogP contribution in [0.3, 0.4) is 0 Å². The highest BCUT2D eigenvalue weighted by Gasteiger charge is 2.22. The number of nitrogen functional groups attached to an aromatic ring is 1. The molecule has 2 rings (SSSR count). The van der Waals surface area contributed by atoms with Crippen LogP contribution in [0.15, 0.2) is 12.1 Å². The Labute approximate surface area is 137 Å². The van der Waals surface area contributed by atoms with Crippen LogP contribution in [0.2, 0.25) is 5.02 Å². The van der Waals surface area contributed by atoms with Crippen molar-refractivity contribution >= 4 is 28.9 Å². The maximum Gasteiger partial charge on any atom is 0.338 e. The minimum absolute atomic E-state index is 0.172. The molecule has 6 heteroatoms. The monoisotopic (exact) mass is 325 g/mol. The molecule has 0 aromatic heterocycles. The number of ether oxygens (including phenoxy) is 1. The van der Waals surface area contributed by atoms with Gasteiger partial charge in [0.15, 0.2) is 0 Å². The highest BCUT2D eigenvalue weighted by atomic mass is 35.5. The molecule has 1 aromatic carbocycles. The number of halogens is 1. The van der Waals surface area contributed by atoms with Crippen molar-refractivity contribution in [3.63, 3.8) is 0 Å². The molecule has 1 aliphatic heterocycles. The maximum atomic E-state index is 12.0. The Balaban J connectivity index is 2.19. The molecule has 1 heterocycles. The fraction of sp³-hybridized carbons (Fsp3) is 0.562. The number of carbonyl (C=O) groups excluding carboxylic acids is 1. The van der Waals surface area contributed by atoms with Crippen LogP contribution in [-0.2, 0) is 4.74 Å². The van der Waals surface area contributed by atoms with Crippen molar-refractivity contribution in [3.8, 4) is 0 Å². The van der Waals surface area contributed by atoms with E-state index in [4.69, 9.17) is 22.1 Å². The number of esters is 1. The van der Waals surface area contributed by atoms with Crippen molar-refractivity contribution in [2.75, 3.05) is 43.4 Å². The second-order valence-corrected chi connectivity index (χ2v) is 6.18. The molecule has 122 valence electrons. The molecule has 1 fully saturated rings. The number of anilines is 2. The molecule has 5 nitrogen and oxygen atoms in total. The number of nitrogens with two attached hydrogens (primary N) is 1. The summed E-state index contributed by atoms with van der Waals surface area (Å²) in [4.78, 5) is 16.5. The Morgan fingerprint density at radius 3 is 2.45 bits per heavy atom. The lowest BCUT2D eigenvalue weighted by molar-refractivity contribution is 0.0378. The molecular formula is C16H24ClN3O2. The van der Waals surface area contributed by atoms with Crippen molar-refractivity contribution in [1.82, 2.24) is 4.90 Å². The molecule has 0 atom stereocenters. The fourth-order valence-electron chi connectivity index (χ4n) is 2.64. The zero-order valence-electron chi connectivity index (χ0n) is 13.4. The Kier molecular flexibility index (Phi) is 5.53. The zero-order chi connectivity index (χ0) is 16.3. The average Bonchev–Trinajstić information content (AvgIpc) is 2.46.